The minimum Gasteiger partial charge on any atom is -0.456 e. The molecule has 29 heavy (non-hydrogen) atoms. The predicted molar refractivity (Wildman–Crippen MR) is 94.3 cm³/mol. The third-order valence-electron chi connectivity index (χ3n) is 4.39. The third kappa shape index (κ3) is 4.08. The van der Waals surface area contributed by atoms with E-state index in [2.05, 4.69) is 4.98 Å². The molecule has 0 atom stereocenters. The summed E-state index contributed by atoms with van der Waals surface area (Å²) in [6.07, 6.45) is -8.67. The number of halogens is 6. The zero-order chi connectivity index (χ0) is 21.6. The van der Waals surface area contributed by atoms with E-state index in [9.17, 15) is 31.1 Å². The number of alkyl halides is 6. The van der Waals surface area contributed by atoms with Crippen molar-refractivity contribution in [2.45, 2.75) is 32.1 Å². The zero-order valence-electron chi connectivity index (χ0n) is 15.2. The molecule has 1 aromatic heterocycles. The van der Waals surface area contributed by atoms with E-state index in [4.69, 9.17) is 4.74 Å². The van der Waals surface area contributed by atoms with Gasteiger partial charge in [0, 0.05) is 22.7 Å². The summed E-state index contributed by atoms with van der Waals surface area (Å²) in [6, 6.07) is 4.85. The van der Waals surface area contributed by atoms with Gasteiger partial charge in [-0.2, -0.15) is 26.3 Å². The highest BCUT2D eigenvalue weighted by molar-refractivity contribution is 5.85. The minimum atomic E-state index is -5.16. The number of aldehydes is 1. The third-order valence-corrected chi connectivity index (χ3v) is 4.39. The number of ether oxygens (including phenoxy) is 1. The normalized spacial score (nSPS) is 12.6. The molecule has 3 rings (SSSR count). The highest BCUT2D eigenvalue weighted by Gasteiger charge is 2.43. The monoisotopic (exact) mass is 415 g/mol. The Morgan fingerprint density at radius 2 is 1.55 bits per heavy atom. The van der Waals surface area contributed by atoms with E-state index in [1.54, 1.807) is 6.20 Å². The van der Waals surface area contributed by atoms with Crippen LogP contribution >= 0.6 is 0 Å². The van der Waals surface area contributed by atoms with Crippen molar-refractivity contribution in [2.24, 2.45) is 0 Å². The molecule has 0 spiro atoms. The summed E-state index contributed by atoms with van der Waals surface area (Å²) in [5, 5.41) is 0.629. The second kappa shape index (κ2) is 7.13. The average Bonchev–Trinajstić information content (AvgIpc) is 3.03. The number of nitrogens with one attached hydrogen (secondary N) is 1. The van der Waals surface area contributed by atoms with Crippen molar-refractivity contribution in [1.29, 1.82) is 0 Å². The SMILES string of the molecule is CC(C)c1c[nH]c2ccc(Oc3c(C(F)(F)F)cc(C=O)cc3C(F)(F)F)cc12. The Morgan fingerprint density at radius 1 is 0.966 bits per heavy atom. The Labute approximate surface area is 161 Å². The molecule has 0 aliphatic heterocycles. The van der Waals surface area contributed by atoms with Crippen molar-refractivity contribution in [2.75, 3.05) is 0 Å². The number of hydrogen-bond donors (Lipinski definition) is 1. The fourth-order valence-corrected chi connectivity index (χ4v) is 3.03. The largest absolute Gasteiger partial charge is 0.456 e. The molecule has 154 valence electrons. The van der Waals surface area contributed by atoms with E-state index in [1.165, 1.54) is 18.2 Å². The van der Waals surface area contributed by atoms with E-state index < -0.39 is 34.8 Å². The van der Waals surface area contributed by atoms with Crippen molar-refractivity contribution in [3.63, 3.8) is 0 Å². The van der Waals surface area contributed by atoms with E-state index >= 15 is 0 Å². The summed E-state index contributed by atoms with van der Waals surface area (Å²) >= 11 is 0. The molecule has 0 aliphatic rings. The molecule has 0 amide bonds. The first-order valence-electron chi connectivity index (χ1n) is 8.48. The number of rotatable bonds is 4. The minimum absolute atomic E-state index is 0.0716. The van der Waals surface area contributed by atoms with Crippen molar-refractivity contribution in [3.05, 3.63) is 58.8 Å². The average molecular weight is 415 g/mol. The first-order chi connectivity index (χ1) is 13.4. The van der Waals surface area contributed by atoms with Crippen molar-refractivity contribution >= 4 is 17.2 Å². The highest BCUT2D eigenvalue weighted by Crippen LogP contribution is 2.46. The van der Waals surface area contributed by atoms with Crippen molar-refractivity contribution < 1.29 is 35.9 Å². The zero-order valence-corrected chi connectivity index (χ0v) is 15.2. The van der Waals surface area contributed by atoms with Crippen LogP contribution in [0.3, 0.4) is 0 Å². The number of aromatic nitrogens is 1. The Morgan fingerprint density at radius 3 is 2.03 bits per heavy atom. The number of carbonyl (C=O) groups excluding carboxylic acids is 1. The number of H-pyrrole nitrogens is 1. The lowest BCUT2D eigenvalue weighted by atomic mass is 10.0. The van der Waals surface area contributed by atoms with E-state index in [-0.39, 0.29) is 18.0 Å². The molecule has 0 saturated heterocycles. The molecule has 3 nitrogen and oxygen atoms in total. The van der Waals surface area contributed by atoms with Crippen LogP contribution in [0.2, 0.25) is 0 Å². The van der Waals surface area contributed by atoms with Crippen LogP contribution in [-0.2, 0) is 12.4 Å². The second-order valence-electron chi connectivity index (χ2n) is 6.77. The highest BCUT2D eigenvalue weighted by atomic mass is 19.4. The maximum atomic E-state index is 13.4. The molecule has 9 heteroatoms. The molecule has 1 heterocycles. The first kappa shape index (κ1) is 20.8. The molecule has 0 bridgehead atoms. The lowest BCUT2D eigenvalue weighted by Crippen LogP contribution is -2.15. The van der Waals surface area contributed by atoms with Crippen LogP contribution < -0.4 is 4.74 Å². The molecule has 0 aliphatic carbocycles. The Kier molecular flexibility index (Phi) is 5.10. The van der Waals surface area contributed by atoms with Crippen LogP contribution in [-0.4, -0.2) is 11.3 Å². The molecule has 1 N–H and O–H groups in total. The maximum Gasteiger partial charge on any atom is 0.420 e. The second-order valence-corrected chi connectivity index (χ2v) is 6.77. The van der Waals surface area contributed by atoms with Crippen molar-refractivity contribution in [3.8, 4) is 11.5 Å². The smallest absolute Gasteiger partial charge is 0.420 e. The fourth-order valence-electron chi connectivity index (χ4n) is 3.03. The summed E-state index contributed by atoms with van der Waals surface area (Å²) in [5.74, 6) is -1.51. The topological polar surface area (TPSA) is 42.1 Å². The van der Waals surface area contributed by atoms with Crippen LogP contribution in [0.15, 0.2) is 36.5 Å². The summed E-state index contributed by atoms with van der Waals surface area (Å²) < 4.78 is 85.8. The van der Waals surface area contributed by atoms with Gasteiger partial charge in [-0.15, -0.1) is 0 Å². The van der Waals surface area contributed by atoms with Gasteiger partial charge in [0.15, 0.2) is 5.75 Å². The Hall–Kier alpha value is -2.97. The molecule has 2 aromatic carbocycles. The van der Waals surface area contributed by atoms with Crippen LogP contribution in [0.5, 0.6) is 11.5 Å². The summed E-state index contributed by atoms with van der Waals surface area (Å²) in [4.78, 5) is 13.9. The fraction of sp³-hybridized carbons (Fsp3) is 0.250. The first-order valence-corrected chi connectivity index (χ1v) is 8.48. The molecular formula is C20H15F6NO2. The molecule has 0 saturated carbocycles. The number of hydrogen-bond acceptors (Lipinski definition) is 2. The molecule has 0 radical (unpaired) electrons. The van der Waals surface area contributed by atoms with Gasteiger partial charge in [0.25, 0.3) is 0 Å². The lowest BCUT2D eigenvalue weighted by molar-refractivity contribution is -0.145. The van der Waals surface area contributed by atoms with Crippen LogP contribution in [0.1, 0.15) is 46.8 Å². The molecule has 0 unspecified atom stereocenters. The standard InChI is InChI=1S/C20H15F6NO2/c1-10(2)14-8-27-17-4-3-12(7-13(14)17)29-18-15(19(21,22)23)5-11(9-28)6-16(18)20(24,25)26/h3-10,27H,1-2H3. The van der Waals surface area contributed by atoms with E-state index in [1.807, 2.05) is 13.8 Å². The maximum absolute atomic E-state index is 13.4. The Bertz CT molecular complexity index is 1030. The van der Waals surface area contributed by atoms with Gasteiger partial charge in [-0.1, -0.05) is 13.8 Å². The number of aromatic amines is 1. The quantitative estimate of drug-likeness (QED) is 0.371. The van der Waals surface area contributed by atoms with Gasteiger partial charge in [-0.05, 0) is 41.8 Å². The van der Waals surface area contributed by atoms with Crippen LogP contribution in [0.4, 0.5) is 26.3 Å². The van der Waals surface area contributed by atoms with Crippen LogP contribution in [0.25, 0.3) is 10.9 Å². The lowest BCUT2D eigenvalue weighted by Gasteiger charge is -2.20. The van der Waals surface area contributed by atoms with Gasteiger partial charge in [0.05, 0.1) is 11.1 Å². The van der Waals surface area contributed by atoms with Gasteiger partial charge in [-0.3, -0.25) is 4.79 Å². The predicted octanol–water partition coefficient (Wildman–Crippen LogP) is 6.93. The van der Waals surface area contributed by atoms with Gasteiger partial charge >= 0.3 is 12.4 Å². The number of fused-ring (bicyclic) bond motifs is 1. The van der Waals surface area contributed by atoms with Crippen LogP contribution in [0, 0.1) is 0 Å². The van der Waals surface area contributed by atoms with Gasteiger partial charge in [-0.25, -0.2) is 0 Å². The number of benzene rings is 2. The molecule has 0 fully saturated rings. The number of carbonyl (C=O) groups is 1. The summed E-state index contributed by atoms with van der Waals surface area (Å²) in [7, 11) is 0. The summed E-state index contributed by atoms with van der Waals surface area (Å²) in [5.41, 5.74) is -2.58. The van der Waals surface area contributed by atoms with E-state index in [0.29, 0.717) is 23.0 Å². The van der Waals surface area contributed by atoms with Gasteiger partial charge < -0.3 is 9.72 Å². The van der Waals surface area contributed by atoms with Crippen molar-refractivity contribution in [1.82, 2.24) is 4.98 Å². The molecule has 3 aromatic rings. The van der Waals surface area contributed by atoms with E-state index in [0.717, 1.165) is 5.56 Å². The molecular weight excluding hydrogens is 400 g/mol. The van der Waals surface area contributed by atoms with Gasteiger partial charge in [0.1, 0.15) is 12.0 Å². The van der Waals surface area contributed by atoms with Gasteiger partial charge in [0.2, 0.25) is 0 Å². The summed E-state index contributed by atoms with van der Waals surface area (Å²) in [6.45, 7) is 3.80. The Balaban J connectivity index is 2.21.